The molecule has 0 spiro atoms. The number of nitro groups is 1. The number of nitrogens with zero attached hydrogens (tertiary/aromatic N) is 4. The average molecular weight is 286 g/mol. The van der Waals surface area contributed by atoms with Crippen molar-refractivity contribution >= 4 is 28.6 Å². The number of ether oxygens (including phenoxy) is 1. The van der Waals surface area contributed by atoms with E-state index < -0.39 is 10.9 Å². The van der Waals surface area contributed by atoms with E-state index in [0.29, 0.717) is 17.0 Å². The van der Waals surface area contributed by atoms with E-state index in [2.05, 4.69) is 25.3 Å². The van der Waals surface area contributed by atoms with Crippen molar-refractivity contribution in [2.45, 2.75) is 0 Å². The summed E-state index contributed by atoms with van der Waals surface area (Å²) in [6.45, 7) is 0. The van der Waals surface area contributed by atoms with Crippen molar-refractivity contribution in [3.8, 4) is 5.75 Å². The summed E-state index contributed by atoms with van der Waals surface area (Å²) in [6, 6.07) is 7.12. The highest BCUT2D eigenvalue weighted by Crippen LogP contribution is 2.25. The second kappa shape index (κ2) is 5.04. The topological polar surface area (TPSA) is 119 Å². The molecule has 3 aromatic rings. The lowest BCUT2D eigenvalue weighted by molar-refractivity contribution is -0.394. The molecule has 0 unspecified atom stereocenters. The fourth-order valence-electron chi connectivity index (χ4n) is 1.83. The molecule has 2 N–H and O–H groups in total. The van der Waals surface area contributed by atoms with Gasteiger partial charge in [-0.25, -0.2) is 4.98 Å². The molecule has 9 heteroatoms. The summed E-state index contributed by atoms with van der Waals surface area (Å²) in [5, 5.41) is 13.9. The van der Waals surface area contributed by atoms with E-state index in [4.69, 9.17) is 4.74 Å². The van der Waals surface area contributed by atoms with Crippen LogP contribution in [0.2, 0.25) is 0 Å². The summed E-state index contributed by atoms with van der Waals surface area (Å²) in [5.74, 6) is 0.418. The van der Waals surface area contributed by atoms with Gasteiger partial charge in [-0.05, 0) is 27.0 Å². The Morgan fingerprint density at radius 3 is 3.00 bits per heavy atom. The van der Waals surface area contributed by atoms with E-state index in [1.54, 1.807) is 31.4 Å². The van der Waals surface area contributed by atoms with Gasteiger partial charge >= 0.3 is 5.95 Å². The number of anilines is 2. The number of nitrogens with one attached hydrogen (secondary N) is 2. The van der Waals surface area contributed by atoms with Crippen molar-refractivity contribution in [1.82, 2.24) is 19.9 Å². The molecule has 21 heavy (non-hydrogen) atoms. The molecular weight excluding hydrogens is 276 g/mol. The zero-order valence-corrected chi connectivity index (χ0v) is 10.9. The van der Waals surface area contributed by atoms with Crippen LogP contribution >= 0.6 is 0 Å². The van der Waals surface area contributed by atoms with Crippen LogP contribution in [-0.4, -0.2) is 32.0 Å². The molecule has 0 saturated carbocycles. The first-order valence-corrected chi connectivity index (χ1v) is 5.94. The number of H-pyrrole nitrogens is 1. The van der Waals surface area contributed by atoms with Crippen molar-refractivity contribution in [3.63, 3.8) is 0 Å². The molecule has 0 amide bonds. The standard InChI is InChI=1S/C12H10N6O3/c1-21-8-4-2-3-7(5-8)15-11-9-10(14-6-13-9)16-12(17-11)18(19)20/h2-6H,1H3,(H2,13,14,15,16,17). The van der Waals surface area contributed by atoms with Crippen LogP contribution in [0.15, 0.2) is 30.6 Å². The van der Waals surface area contributed by atoms with Gasteiger partial charge in [0.05, 0.1) is 13.4 Å². The van der Waals surface area contributed by atoms with Crippen LogP contribution in [0.25, 0.3) is 11.2 Å². The van der Waals surface area contributed by atoms with Crippen molar-refractivity contribution in [2.24, 2.45) is 0 Å². The molecule has 0 fully saturated rings. The minimum absolute atomic E-state index is 0.224. The van der Waals surface area contributed by atoms with E-state index in [-0.39, 0.29) is 11.5 Å². The molecular formula is C12H10N6O3. The molecule has 0 aliphatic heterocycles. The van der Waals surface area contributed by atoms with E-state index in [0.717, 1.165) is 0 Å². The number of aromatic amines is 1. The third kappa shape index (κ3) is 2.43. The number of hydrogen-bond acceptors (Lipinski definition) is 7. The lowest BCUT2D eigenvalue weighted by Crippen LogP contribution is -2.02. The normalized spacial score (nSPS) is 10.5. The summed E-state index contributed by atoms with van der Waals surface area (Å²) in [5.41, 5.74) is 1.39. The Bertz CT molecular complexity index is 816. The lowest BCUT2D eigenvalue weighted by Gasteiger charge is -2.05. The van der Waals surface area contributed by atoms with Crippen LogP contribution in [-0.2, 0) is 0 Å². The summed E-state index contributed by atoms with van der Waals surface area (Å²) >= 11 is 0. The van der Waals surface area contributed by atoms with Gasteiger partial charge in [0.1, 0.15) is 5.75 Å². The first-order valence-electron chi connectivity index (χ1n) is 5.94. The molecule has 9 nitrogen and oxygen atoms in total. The molecule has 0 aliphatic rings. The molecule has 2 aromatic heterocycles. The molecule has 0 radical (unpaired) electrons. The van der Waals surface area contributed by atoms with Gasteiger partial charge in [-0.3, -0.25) is 0 Å². The van der Waals surface area contributed by atoms with Crippen LogP contribution in [0.5, 0.6) is 5.75 Å². The molecule has 2 heterocycles. The zero-order valence-electron chi connectivity index (χ0n) is 10.9. The van der Waals surface area contributed by atoms with Crippen molar-refractivity contribution < 1.29 is 9.66 Å². The van der Waals surface area contributed by atoms with Gasteiger partial charge in [0.15, 0.2) is 5.52 Å². The Kier molecular flexibility index (Phi) is 3.07. The number of aromatic nitrogens is 4. The Morgan fingerprint density at radius 2 is 2.24 bits per heavy atom. The van der Waals surface area contributed by atoms with Gasteiger partial charge in [0, 0.05) is 11.8 Å². The average Bonchev–Trinajstić information content (AvgIpc) is 2.96. The third-order valence-corrected chi connectivity index (χ3v) is 2.77. The smallest absolute Gasteiger partial charge is 0.473 e. The zero-order chi connectivity index (χ0) is 14.8. The van der Waals surface area contributed by atoms with Crippen molar-refractivity contribution in [1.29, 1.82) is 0 Å². The molecule has 3 rings (SSSR count). The molecule has 0 aliphatic carbocycles. The minimum Gasteiger partial charge on any atom is -0.497 e. The van der Waals surface area contributed by atoms with Gasteiger partial charge < -0.3 is 25.2 Å². The Hall–Kier alpha value is -3.23. The van der Waals surface area contributed by atoms with Crippen LogP contribution in [0.4, 0.5) is 17.5 Å². The van der Waals surface area contributed by atoms with Crippen LogP contribution in [0, 0.1) is 10.1 Å². The first kappa shape index (κ1) is 12.8. The fraction of sp³-hybridized carbons (Fsp3) is 0.0833. The molecule has 1 aromatic carbocycles. The summed E-state index contributed by atoms with van der Waals surface area (Å²) in [4.78, 5) is 24.6. The van der Waals surface area contributed by atoms with Crippen LogP contribution in [0.3, 0.4) is 0 Å². The van der Waals surface area contributed by atoms with Gasteiger partial charge in [0.2, 0.25) is 5.82 Å². The van der Waals surface area contributed by atoms with E-state index in [1.165, 1.54) is 6.33 Å². The Labute approximate surface area is 118 Å². The number of hydrogen-bond donors (Lipinski definition) is 2. The fourth-order valence-corrected chi connectivity index (χ4v) is 1.83. The van der Waals surface area contributed by atoms with Crippen LogP contribution < -0.4 is 10.1 Å². The van der Waals surface area contributed by atoms with Gasteiger partial charge in [0.25, 0.3) is 5.65 Å². The summed E-state index contributed by atoms with van der Waals surface area (Å²) in [6.07, 6.45) is 1.40. The second-order valence-electron chi connectivity index (χ2n) is 4.09. The maximum absolute atomic E-state index is 10.9. The number of methoxy groups -OCH3 is 1. The van der Waals surface area contributed by atoms with E-state index in [9.17, 15) is 10.1 Å². The summed E-state index contributed by atoms with van der Waals surface area (Å²) in [7, 11) is 1.56. The number of imidazole rings is 1. The number of benzene rings is 1. The second-order valence-corrected chi connectivity index (χ2v) is 4.09. The predicted octanol–water partition coefficient (Wildman–Crippen LogP) is 2.01. The molecule has 106 valence electrons. The maximum atomic E-state index is 10.9. The quantitative estimate of drug-likeness (QED) is 0.556. The van der Waals surface area contributed by atoms with Gasteiger partial charge in [-0.15, -0.1) is 0 Å². The Morgan fingerprint density at radius 1 is 1.38 bits per heavy atom. The van der Waals surface area contributed by atoms with Crippen molar-refractivity contribution in [2.75, 3.05) is 12.4 Å². The van der Waals surface area contributed by atoms with E-state index in [1.807, 2.05) is 0 Å². The largest absolute Gasteiger partial charge is 0.497 e. The lowest BCUT2D eigenvalue weighted by atomic mass is 10.3. The van der Waals surface area contributed by atoms with Gasteiger partial charge in [-0.2, -0.15) is 0 Å². The predicted molar refractivity (Wildman–Crippen MR) is 74.6 cm³/mol. The monoisotopic (exact) mass is 286 g/mol. The first-order chi connectivity index (χ1) is 10.2. The van der Waals surface area contributed by atoms with Crippen LogP contribution in [0.1, 0.15) is 0 Å². The number of rotatable bonds is 4. The molecule has 0 bridgehead atoms. The number of fused-ring (bicyclic) bond motifs is 1. The maximum Gasteiger partial charge on any atom is 0.473 e. The summed E-state index contributed by atoms with van der Waals surface area (Å²) < 4.78 is 5.13. The highest BCUT2D eigenvalue weighted by atomic mass is 16.6. The van der Waals surface area contributed by atoms with E-state index >= 15 is 0 Å². The third-order valence-electron chi connectivity index (χ3n) is 2.77. The van der Waals surface area contributed by atoms with Gasteiger partial charge in [-0.1, -0.05) is 6.07 Å². The minimum atomic E-state index is -0.662. The SMILES string of the molecule is COc1cccc(Nc2nc([N+](=O)[O-])nc3nc[nH]c23)c1. The van der Waals surface area contributed by atoms with Crippen molar-refractivity contribution in [3.05, 3.63) is 40.7 Å². The molecule has 0 atom stereocenters. The highest BCUT2D eigenvalue weighted by Gasteiger charge is 2.20. The molecule has 0 saturated heterocycles. The Balaban J connectivity index is 2.06. The highest BCUT2D eigenvalue weighted by molar-refractivity contribution is 5.85.